The van der Waals surface area contributed by atoms with Crippen molar-refractivity contribution >= 4 is 78.7 Å². The van der Waals surface area contributed by atoms with Crippen LogP contribution in [0, 0.1) is 6.92 Å². The molecule has 3 N–H and O–H groups in total. The predicted octanol–water partition coefficient (Wildman–Crippen LogP) is 7.87. The van der Waals surface area contributed by atoms with Crippen LogP contribution in [0.15, 0.2) is 91.0 Å². The molecule has 382 valence electrons. The fourth-order valence-corrected chi connectivity index (χ4v) is 10.9. The highest BCUT2D eigenvalue weighted by Gasteiger charge is 2.32. The number of hydrogen-bond acceptors (Lipinski definition) is 14. The predicted molar refractivity (Wildman–Crippen MR) is 286 cm³/mol. The van der Waals surface area contributed by atoms with Crippen molar-refractivity contribution in [1.82, 2.24) is 34.9 Å². The fraction of sp³-hybridized carbons (Fsp3) is 0.357. The van der Waals surface area contributed by atoms with Crippen LogP contribution >= 0.6 is 11.3 Å². The highest BCUT2D eigenvalue weighted by atomic mass is 32.1. The Balaban J connectivity index is 0.741. The standard InChI is InChI=1S/C56H60N10O7S/c1-34-37(38-19-21-47(59-51(38)54(71)73-56(2,3)4)66-25-23-35-11-8-13-39(42(35)32-66)52(69)61-55-58-43-14-6-7-16-46(43)74-55)12-9-15-45(34)72-30-10-24-64-26-28-65(29-27-64)33-49(68)57-36-17-18-40-44(31-36)63(5)62-50(40)41-20-22-48(67)60-53(41)70/h6-9,11-19,21,31,41H,10,20,22-30,32-33H2,1-5H3,(H,57,68)(H,58,61,69)(H,60,67,70). The van der Waals surface area contributed by atoms with Gasteiger partial charge in [0.2, 0.25) is 17.7 Å². The summed E-state index contributed by atoms with van der Waals surface area (Å²) in [4.78, 5) is 81.5. The van der Waals surface area contributed by atoms with Crippen molar-refractivity contribution in [2.24, 2.45) is 7.05 Å². The van der Waals surface area contributed by atoms with E-state index in [1.165, 1.54) is 11.3 Å². The minimum Gasteiger partial charge on any atom is -0.493 e. The molecule has 1 atom stereocenters. The lowest BCUT2D eigenvalue weighted by Gasteiger charge is -2.34. The minimum absolute atomic E-state index is 0.104. The van der Waals surface area contributed by atoms with E-state index in [-0.39, 0.29) is 42.3 Å². The Morgan fingerprint density at radius 2 is 1.65 bits per heavy atom. The zero-order valence-corrected chi connectivity index (χ0v) is 43.1. The minimum atomic E-state index is -0.754. The van der Waals surface area contributed by atoms with Gasteiger partial charge in [0.05, 0.1) is 40.5 Å². The zero-order chi connectivity index (χ0) is 51.7. The quantitative estimate of drug-likeness (QED) is 0.0542. The molecule has 74 heavy (non-hydrogen) atoms. The second kappa shape index (κ2) is 21.1. The van der Waals surface area contributed by atoms with E-state index in [1.54, 1.807) is 11.7 Å². The monoisotopic (exact) mass is 1020 g/mol. The van der Waals surface area contributed by atoms with Gasteiger partial charge in [0, 0.05) is 81.5 Å². The smallest absolute Gasteiger partial charge is 0.358 e. The number of piperidine rings is 1. The number of benzene rings is 4. The highest BCUT2D eigenvalue weighted by molar-refractivity contribution is 7.22. The van der Waals surface area contributed by atoms with Gasteiger partial charge < -0.3 is 24.6 Å². The van der Waals surface area contributed by atoms with E-state index in [4.69, 9.17) is 14.5 Å². The molecule has 18 heteroatoms. The van der Waals surface area contributed by atoms with Crippen molar-refractivity contribution in [2.45, 2.75) is 71.4 Å². The summed E-state index contributed by atoms with van der Waals surface area (Å²) in [5.74, 6) is -0.613. The maximum absolute atomic E-state index is 14.0. The normalized spacial score (nSPS) is 16.5. The van der Waals surface area contributed by atoms with Crippen LogP contribution in [0.5, 0.6) is 5.75 Å². The number of aryl methyl sites for hydroxylation is 1. The molecule has 3 aliphatic rings. The lowest BCUT2D eigenvalue weighted by Crippen LogP contribution is -2.48. The molecule has 17 nitrogen and oxygen atoms in total. The number of amides is 4. The third-order valence-electron chi connectivity index (χ3n) is 13.8. The van der Waals surface area contributed by atoms with Gasteiger partial charge in [-0.25, -0.2) is 14.8 Å². The molecule has 6 heterocycles. The number of para-hydroxylation sites is 1. The van der Waals surface area contributed by atoms with Gasteiger partial charge in [0.15, 0.2) is 10.8 Å². The summed E-state index contributed by atoms with van der Waals surface area (Å²) in [7, 11) is 1.81. The number of carbonyl (C=O) groups excluding carboxylic acids is 5. The summed E-state index contributed by atoms with van der Waals surface area (Å²) in [6.07, 6.45) is 2.19. The number of anilines is 3. The number of thiazole rings is 1. The molecule has 2 saturated heterocycles. The van der Waals surface area contributed by atoms with Crippen molar-refractivity contribution in [2.75, 3.05) is 68.0 Å². The summed E-state index contributed by atoms with van der Waals surface area (Å²) < 4.78 is 15.1. The van der Waals surface area contributed by atoms with Crippen LogP contribution in [-0.4, -0.2) is 117 Å². The molecule has 0 aliphatic carbocycles. The van der Waals surface area contributed by atoms with Crippen LogP contribution in [0.4, 0.5) is 16.6 Å². The van der Waals surface area contributed by atoms with E-state index in [2.05, 4.69) is 46.8 Å². The number of imide groups is 1. The third kappa shape index (κ3) is 11.0. The Labute approximate surface area is 433 Å². The van der Waals surface area contributed by atoms with Gasteiger partial charge in [-0.2, -0.15) is 5.10 Å². The summed E-state index contributed by atoms with van der Waals surface area (Å²) in [5.41, 5.74) is 7.28. The van der Waals surface area contributed by atoms with Crippen LogP contribution in [-0.2, 0) is 39.1 Å². The number of rotatable bonds is 14. The average Bonchev–Trinajstić information content (AvgIpc) is 3.94. The van der Waals surface area contributed by atoms with E-state index in [0.717, 1.165) is 88.3 Å². The molecule has 4 amide bonds. The largest absolute Gasteiger partial charge is 0.493 e. The molecule has 10 rings (SSSR count). The molecule has 3 aliphatic heterocycles. The molecule has 0 spiro atoms. The summed E-state index contributed by atoms with van der Waals surface area (Å²) in [6, 6.07) is 28.9. The SMILES string of the molecule is Cc1c(OCCCN2CCN(CC(=O)Nc3ccc4c(C5CCC(=O)NC5=O)nn(C)c4c3)CC2)cccc1-c1ccc(N2CCc3cccc(C(=O)Nc4nc5ccccc5s4)c3C2)nc1C(=O)OC(C)(C)C. The number of ether oxygens (including phenoxy) is 2. The molecular formula is C56H60N10O7S. The van der Waals surface area contributed by atoms with Crippen molar-refractivity contribution in [3.63, 3.8) is 0 Å². The van der Waals surface area contributed by atoms with E-state index < -0.39 is 17.5 Å². The summed E-state index contributed by atoms with van der Waals surface area (Å²) >= 11 is 1.44. The Kier molecular flexibility index (Phi) is 14.3. The fourth-order valence-electron chi connectivity index (χ4n) is 10.1. The third-order valence-corrected chi connectivity index (χ3v) is 14.8. The average molecular weight is 1020 g/mol. The summed E-state index contributed by atoms with van der Waals surface area (Å²) in [5, 5.41) is 14.4. The lowest BCUT2D eigenvalue weighted by atomic mass is 9.93. The van der Waals surface area contributed by atoms with Gasteiger partial charge >= 0.3 is 5.97 Å². The van der Waals surface area contributed by atoms with Crippen molar-refractivity contribution in [3.8, 4) is 16.9 Å². The van der Waals surface area contributed by atoms with Gasteiger partial charge in [-0.15, -0.1) is 0 Å². The van der Waals surface area contributed by atoms with E-state index in [0.29, 0.717) is 66.0 Å². The first-order valence-corrected chi connectivity index (χ1v) is 26.0. The number of esters is 1. The number of hydrogen-bond donors (Lipinski definition) is 3. The van der Waals surface area contributed by atoms with Crippen molar-refractivity contribution < 1.29 is 33.4 Å². The maximum atomic E-state index is 14.0. The van der Waals surface area contributed by atoms with Gasteiger partial charge in [0.25, 0.3) is 5.91 Å². The molecule has 4 aromatic carbocycles. The Hall–Kier alpha value is -7.54. The van der Waals surface area contributed by atoms with Gasteiger partial charge in [-0.05, 0) is 124 Å². The van der Waals surface area contributed by atoms with E-state index in [1.807, 2.05) is 113 Å². The van der Waals surface area contributed by atoms with Crippen LogP contribution in [0.25, 0.3) is 32.2 Å². The number of piperazine rings is 1. The topological polar surface area (TPSA) is 193 Å². The first-order chi connectivity index (χ1) is 35.6. The zero-order valence-electron chi connectivity index (χ0n) is 42.3. The number of carbonyl (C=O) groups is 5. The first-order valence-electron chi connectivity index (χ1n) is 25.2. The number of nitrogens with zero attached hydrogens (tertiary/aromatic N) is 7. The van der Waals surface area contributed by atoms with Crippen LogP contribution in [0.2, 0.25) is 0 Å². The van der Waals surface area contributed by atoms with Gasteiger partial charge in [0.1, 0.15) is 17.2 Å². The molecule has 0 saturated carbocycles. The number of aromatic nitrogens is 4. The highest BCUT2D eigenvalue weighted by Crippen LogP contribution is 2.36. The van der Waals surface area contributed by atoms with Crippen LogP contribution in [0.3, 0.4) is 0 Å². The molecule has 0 bridgehead atoms. The second-order valence-electron chi connectivity index (χ2n) is 20.2. The molecule has 1 unspecified atom stereocenters. The summed E-state index contributed by atoms with van der Waals surface area (Å²) in [6.45, 7) is 13.4. The van der Waals surface area contributed by atoms with Crippen molar-refractivity contribution in [1.29, 1.82) is 0 Å². The van der Waals surface area contributed by atoms with Crippen molar-refractivity contribution in [3.05, 3.63) is 125 Å². The molecule has 7 aromatic rings. The molecule has 3 aromatic heterocycles. The van der Waals surface area contributed by atoms with E-state index in [9.17, 15) is 24.0 Å². The van der Waals surface area contributed by atoms with Gasteiger partial charge in [-0.3, -0.25) is 39.4 Å². The first kappa shape index (κ1) is 50.0. The maximum Gasteiger partial charge on any atom is 0.358 e. The molecule has 2 fully saturated rings. The number of pyridine rings is 1. The molecule has 0 radical (unpaired) electrons. The number of fused-ring (bicyclic) bond motifs is 3. The Bertz CT molecular complexity index is 3280. The van der Waals surface area contributed by atoms with Crippen LogP contribution in [0.1, 0.15) is 89.2 Å². The Morgan fingerprint density at radius 1 is 0.851 bits per heavy atom. The Morgan fingerprint density at radius 3 is 2.45 bits per heavy atom. The molecular weight excluding hydrogens is 957 g/mol. The lowest BCUT2D eigenvalue weighted by molar-refractivity contribution is -0.134. The van der Waals surface area contributed by atoms with Gasteiger partial charge in [-0.1, -0.05) is 47.7 Å². The van der Waals surface area contributed by atoms with Crippen LogP contribution < -0.4 is 25.6 Å². The second-order valence-corrected chi connectivity index (χ2v) is 21.2. The van der Waals surface area contributed by atoms with E-state index >= 15 is 0 Å². The number of nitrogens with one attached hydrogen (secondary N) is 3.